The Morgan fingerprint density at radius 1 is 1.11 bits per heavy atom. The van der Waals surface area contributed by atoms with Gasteiger partial charge in [0.1, 0.15) is 5.82 Å². The Morgan fingerprint density at radius 3 is 2.32 bits per heavy atom. The second-order valence-electron chi connectivity index (χ2n) is 4.33. The fourth-order valence-electron chi connectivity index (χ4n) is 1.72. The molecule has 0 atom stereocenters. The zero-order valence-electron chi connectivity index (χ0n) is 10.4. The normalized spacial score (nSPS) is 10.2. The minimum atomic E-state index is -0.481. The predicted molar refractivity (Wildman–Crippen MR) is 74.4 cm³/mol. The third-order valence-corrected chi connectivity index (χ3v) is 2.61. The Hall–Kier alpha value is -2.56. The lowest BCUT2D eigenvalue weighted by Gasteiger charge is -2.08. The quantitative estimate of drug-likeness (QED) is 0.725. The van der Waals surface area contributed by atoms with Crippen molar-refractivity contribution in [2.24, 2.45) is 0 Å². The number of carbonyl (C=O) groups is 1. The summed E-state index contributed by atoms with van der Waals surface area (Å²) in [6, 6.07) is 9.09. The maximum absolute atomic E-state index is 13.6. The number of hydrogen-bond donors (Lipinski definition) is 3. The Labute approximate surface area is 110 Å². The van der Waals surface area contributed by atoms with Gasteiger partial charge in [-0.25, -0.2) is 4.39 Å². The van der Waals surface area contributed by atoms with E-state index >= 15 is 0 Å². The Morgan fingerprint density at radius 2 is 1.74 bits per heavy atom. The van der Waals surface area contributed by atoms with Crippen LogP contribution in [0.4, 0.5) is 21.5 Å². The average molecular weight is 259 g/mol. The lowest BCUT2D eigenvalue weighted by atomic mass is 10.1. The van der Waals surface area contributed by atoms with Crippen LogP contribution in [-0.2, 0) is 0 Å². The highest BCUT2D eigenvalue weighted by atomic mass is 19.1. The standard InChI is InChI=1S/C14H14FN3O/c1-8-2-3-13(12(15)4-8)18-14(19)9-5-10(16)7-11(17)6-9/h2-7H,16-17H2,1H3,(H,18,19). The number of rotatable bonds is 2. The molecule has 2 rings (SSSR count). The van der Waals surface area contributed by atoms with Gasteiger partial charge in [0.05, 0.1) is 5.69 Å². The summed E-state index contributed by atoms with van der Waals surface area (Å²) in [5.74, 6) is -0.938. The van der Waals surface area contributed by atoms with Gasteiger partial charge >= 0.3 is 0 Å². The average Bonchev–Trinajstić information content (AvgIpc) is 2.31. The Bertz CT molecular complexity index is 620. The van der Waals surface area contributed by atoms with Gasteiger partial charge in [-0.1, -0.05) is 6.07 Å². The number of anilines is 3. The summed E-state index contributed by atoms with van der Waals surface area (Å²) < 4.78 is 13.6. The molecule has 4 nitrogen and oxygen atoms in total. The van der Waals surface area contributed by atoms with Crippen molar-refractivity contribution in [3.8, 4) is 0 Å². The molecule has 0 aliphatic carbocycles. The van der Waals surface area contributed by atoms with Gasteiger partial charge in [0.15, 0.2) is 0 Å². The number of aryl methyl sites for hydroxylation is 1. The van der Waals surface area contributed by atoms with E-state index in [-0.39, 0.29) is 11.3 Å². The van der Waals surface area contributed by atoms with Crippen LogP contribution in [0.5, 0.6) is 0 Å². The van der Waals surface area contributed by atoms with Crippen molar-refractivity contribution >= 4 is 23.0 Å². The summed E-state index contributed by atoms with van der Waals surface area (Å²) >= 11 is 0. The molecular formula is C14H14FN3O. The molecule has 1 amide bonds. The largest absolute Gasteiger partial charge is 0.399 e. The van der Waals surface area contributed by atoms with E-state index < -0.39 is 11.7 Å². The van der Waals surface area contributed by atoms with Gasteiger partial charge < -0.3 is 16.8 Å². The van der Waals surface area contributed by atoms with E-state index in [0.717, 1.165) is 5.56 Å². The lowest BCUT2D eigenvalue weighted by Crippen LogP contribution is -2.13. The van der Waals surface area contributed by atoms with Crippen LogP contribution in [0.3, 0.4) is 0 Å². The van der Waals surface area contributed by atoms with Crippen LogP contribution in [-0.4, -0.2) is 5.91 Å². The maximum atomic E-state index is 13.6. The number of hydrogen-bond acceptors (Lipinski definition) is 3. The third-order valence-electron chi connectivity index (χ3n) is 2.61. The summed E-state index contributed by atoms with van der Waals surface area (Å²) in [4.78, 5) is 12.0. The highest BCUT2D eigenvalue weighted by molar-refractivity contribution is 6.05. The molecule has 0 saturated carbocycles. The van der Waals surface area contributed by atoms with Crippen molar-refractivity contribution in [1.29, 1.82) is 0 Å². The molecule has 98 valence electrons. The van der Waals surface area contributed by atoms with Gasteiger partial charge in [-0.3, -0.25) is 4.79 Å². The minimum absolute atomic E-state index is 0.122. The predicted octanol–water partition coefficient (Wildman–Crippen LogP) is 2.55. The first-order valence-corrected chi connectivity index (χ1v) is 5.69. The van der Waals surface area contributed by atoms with Crippen LogP contribution >= 0.6 is 0 Å². The second-order valence-corrected chi connectivity index (χ2v) is 4.33. The van der Waals surface area contributed by atoms with Gasteiger partial charge in [0.2, 0.25) is 0 Å². The summed E-state index contributed by atoms with van der Waals surface area (Å²) in [7, 11) is 0. The van der Waals surface area contributed by atoms with Crippen LogP contribution in [0.15, 0.2) is 36.4 Å². The number of nitrogens with two attached hydrogens (primary N) is 2. The number of benzene rings is 2. The fourth-order valence-corrected chi connectivity index (χ4v) is 1.72. The topological polar surface area (TPSA) is 81.1 Å². The molecule has 0 bridgehead atoms. The molecule has 0 spiro atoms. The lowest BCUT2D eigenvalue weighted by molar-refractivity contribution is 0.102. The van der Waals surface area contributed by atoms with Crippen LogP contribution in [0, 0.1) is 12.7 Å². The molecule has 0 radical (unpaired) electrons. The van der Waals surface area contributed by atoms with Crippen molar-refractivity contribution < 1.29 is 9.18 Å². The molecule has 0 heterocycles. The van der Waals surface area contributed by atoms with E-state index in [1.54, 1.807) is 19.1 Å². The maximum Gasteiger partial charge on any atom is 0.255 e. The van der Waals surface area contributed by atoms with Gasteiger partial charge in [-0.15, -0.1) is 0 Å². The van der Waals surface area contributed by atoms with Crippen LogP contribution in [0.1, 0.15) is 15.9 Å². The van der Waals surface area contributed by atoms with Crippen molar-refractivity contribution in [1.82, 2.24) is 0 Å². The van der Waals surface area contributed by atoms with E-state index in [9.17, 15) is 9.18 Å². The number of nitrogen functional groups attached to an aromatic ring is 2. The van der Waals surface area contributed by atoms with E-state index in [0.29, 0.717) is 11.4 Å². The third kappa shape index (κ3) is 3.01. The molecule has 2 aromatic rings. The van der Waals surface area contributed by atoms with E-state index in [1.165, 1.54) is 24.3 Å². The van der Waals surface area contributed by atoms with Crippen LogP contribution in [0.25, 0.3) is 0 Å². The number of nitrogens with one attached hydrogen (secondary N) is 1. The second kappa shape index (κ2) is 4.97. The molecule has 0 fully saturated rings. The van der Waals surface area contributed by atoms with Crippen LogP contribution in [0.2, 0.25) is 0 Å². The zero-order valence-corrected chi connectivity index (χ0v) is 10.4. The van der Waals surface area contributed by atoms with E-state index in [2.05, 4.69) is 5.32 Å². The monoisotopic (exact) mass is 259 g/mol. The smallest absolute Gasteiger partial charge is 0.255 e. The molecule has 0 saturated heterocycles. The molecular weight excluding hydrogens is 245 g/mol. The summed E-state index contributed by atoms with van der Waals surface area (Å²) in [6.07, 6.45) is 0. The summed E-state index contributed by atoms with van der Waals surface area (Å²) in [6.45, 7) is 1.77. The van der Waals surface area contributed by atoms with Crippen molar-refractivity contribution in [2.75, 3.05) is 16.8 Å². The number of carbonyl (C=O) groups excluding carboxylic acids is 1. The number of amides is 1. The summed E-state index contributed by atoms with van der Waals surface area (Å²) in [5.41, 5.74) is 13.2. The van der Waals surface area contributed by atoms with Crippen molar-refractivity contribution in [3.05, 3.63) is 53.3 Å². The molecule has 0 aliphatic rings. The summed E-state index contributed by atoms with van der Waals surface area (Å²) in [5, 5.41) is 2.48. The number of halogens is 1. The first kappa shape index (κ1) is 12.9. The van der Waals surface area contributed by atoms with Gasteiger partial charge in [-0.05, 0) is 42.8 Å². The zero-order chi connectivity index (χ0) is 14.0. The Kier molecular flexibility index (Phi) is 3.37. The molecule has 19 heavy (non-hydrogen) atoms. The van der Waals surface area contributed by atoms with Crippen LogP contribution < -0.4 is 16.8 Å². The SMILES string of the molecule is Cc1ccc(NC(=O)c2cc(N)cc(N)c2)c(F)c1. The van der Waals surface area contributed by atoms with E-state index in [4.69, 9.17) is 11.5 Å². The van der Waals surface area contributed by atoms with Gasteiger partial charge in [-0.2, -0.15) is 0 Å². The first-order valence-electron chi connectivity index (χ1n) is 5.69. The Balaban J connectivity index is 2.25. The fraction of sp³-hybridized carbons (Fsp3) is 0.0714. The highest BCUT2D eigenvalue weighted by Gasteiger charge is 2.10. The van der Waals surface area contributed by atoms with Crippen molar-refractivity contribution in [3.63, 3.8) is 0 Å². The van der Waals surface area contributed by atoms with E-state index in [1.807, 2.05) is 0 Å². The molecule has 5 N–H and O–H groups in total. The minimum Gasteiger partial charge on any atom is -0.399 e. The van der Waals surface area contributed by atoms with Gasteiger partial charge in [0.25, 0.3) is 5.91 Å². The highest BCUT2D eigenvalue weighted by Crippen LogP contribution is 2.18. The van der Waals surface area contributed by atoms with Crippen molar-refractivity contribution in [2.45, 2.75) is 6.92 Å². The first-order chi connectivity index (χ1) is 8.95. The molecule has 0 aromatic heterocycles. The molecule has 2 aromatic carbocycles. The molecule has 0 unspecified atom stereocenters. The molecule has 0 aliphatic heterocycles. The van der Waals surface area contributed by atoms with Gasteiger partial charge in [0, 0.05) is 16.9 Å². The molecule has 5 heteroatoms.